The number of hydrogen-bond donors (Lipinski definition) is 0. The summed E-state index contributed by atoms with van der Waals surface area (Å²) in [5.74, 6) is -0.0967. The van der Waals surface area contributed by atoms with Crippen molar-refractivity contribution in [3.63, 3.8) is 0 Å². The van der Waals surface area contributed by atoms with Gasteiger partial charge in [-0.3, -0.25) is 19.4 Å². The van der Waals surface area contributed by atoms with Gasteiger partial charge in [-0.25, -0.2) is 0 Å². The van der Waals surface area contributed by atoms with Crippen molar-refractivity contribution in [2.24, 2.45) is 0 Å². The fourth-order valence-corrected chi connectivity index (χ4v) is 3.43. The van der Waals surface area contributed by atoms with Crippen LogP contribution in [0.2, 0.25) is 5.02 Å². The number of pyridine rings is 1. The predicted octanol–water partition coefficient (Wildman–Crippen LogP) is 2.99. The van der Waals surface area contributed by atoms with Crippen molar-refractivity contribution in [3.05, 3.63) is 46.5 Å². The number of alkyl halides is 3. The van der Waals surface area contributed by atoms with Crippen LogP contribution in [0.3, 0.4) is 0 Å². The number of halogens is 4. The third kappa shape index (κ3) is 4.82. The van der Waals surface area contributed by atoms with Crippen molar-refractivity contribution in [2.45, 2.75) is 32.6 Å². The molecule has 3 rings (SSSR count). The second kappa shape index (κ2) is 8.48. The van der Waals surface area contributed by atoms with E-state index in [2.05, 4.69) is 15.0 Å². The van der Waals surface area contributed by atoms with Crippen LogP contribution in [0.15, 0.2) is 24.5 Å². The first-order valence-corrected chi connectivity index (χ1v) is 9.32. The second-order valence-corrected chi connectivity index (χ2v) is 7.12. The lowest BCUT2D eigenvalue weighted by atomic mass is 10.2. The van der Waals surface area contributed by atoms with Crippen molar-refractivity contribution in [2.75, 3.05) is 26.2 Å². The molecule has 1 amide bonds. The summed E-state index contributed by atoms with van der Waals surface area (Å²) >= 11 is 5.74. The zero-order valence-corrected chi connectivity index (χ0v) is 16.2. The smallest absolute Gasteiger partial charge is 0.340 e. The van der Waals surface area contributed by atoms with E-state index in [1.807, 2.05) is 18.3 Å². The van der Waals surface area contributed by atoms with Crippen molar-refractivity contribution in [1.29, 1.82) is 0 Å². The largest absolute Gasteiger partial charge is 0.436 e. The first-order valence-electron chi connectivity index (χ1n) is 8.95. The molecule has 2 aromatic rings. The lowest BCUT2D eigenvalue weighted by Gasteiger charge is -2.34. The minimum Gasteiger partial charge on any atom is -0.340 e. The quantitative estimate of drug-likeness (QED) is 0.753. The SMILES string of the molecule is Cc1c(Cl)c(C(F)(F)F)nn1CCC(=O)N1CCN(Cc2cccnc2)CC1. The van der Waals surface area contributed by atoms with Gasteiger partial charge in [-0.05, 0) is 18.6 Å². The van der Waals surface area contributed by atoms with Crippen LogP contribution in [0, 0.1) is 6.92 Å². The Balaban J connectivity index is 1.50. The highest BCUT2D eigenvalue weighted by atomic mass is 35.5. The summed E-state index contributed by atoms with van der Waals surface area (Å²) in [5, 5.41) is 3.12. The molecule has 0 saturated carbocycles. The molecule has 1 aliphatic rings. The molecule has 152 valence electrons. The van der Waals surface area contributed by atoms with Gasteiger partial charge in [-0.1, -0.05) is 17.7 Å². The summed E-state index contributed by atoms with van der Waals surface area (Å²) in [7, 11) is 0. The van der Waals surface area contributed by atoms with E-state index in [0.717, 1.165) is 29.9 Å². The fourth-order valence-electron chi connectivity index (χ4n) is 3.19. The molecule has 1 aliphatic heterocycles. The highest BCUT2D eigenvalue weighted by molar-refractivity contribution is 6.31. The maximum absolute atomic E-state index is 12.9. The van der Waals surface area contributed by atoms with Crippen LogP contribution in [-0.2, 0) is 24.1 Å². The minimum atomic E-state index is -4.61. The number of rotatable bonds is 5. The molecular formula is C18H21ClF3N5O. The molecule has 10 heteroatoms. The monoisotopic (exact) mass is 415 g/mol. The standard InChI is InChI=1S/C18H21ClF3N5O/c1-13-16(19)17(18(20,21)22)24-27(13)6-4-15(28)26-9-7-25(8-10-26)12-14-3-2-5-23-11-14/h2-3,5,11H,4,6-10,12H2,1H3. The molecular weight excluding hydrogens is 395 g/mol. The maximum atomic E-state index is 12.9. The lowest BCUT2D eigenvalue weighted by molar-refractivity contribution is -0.141. The van der Waals surface area contributed by atoms with E-state index < -0.39 is 16.9 Å². The number of hydrogen-bond acceptors (Lipinski definition) is 4. The van der Waals surface area contributed by atoms with E-state index in [0.29, 0.717) is 13.1 Å². The van der Waals surface area contributed by atoms with Crippen molar-refractivity contribution in [3.8, 4) is 0 Å². The van der Waals surface area contributed by atoms with Gasteiger partial charge in [0, 0.05) is 51.5 Å². The minimum absolute atomic E-state index is 0.0658. The summed E-state index contributed by atoms with van der Waals surface area (Å²) in [6, 6.07) is 3.90. The van der Waals surface area contributed by atoms with Gasteiger partial charge in [0.25, 0.3) is 0 Å². The van der Waals surface area contributed by atoms with Crippen molar-refractivity contribution >= 4 is 17.5 Å². The zero-order valence-electron chi connectivity index (χ0n) is 15.4. The number of amides is 1. The van der Waals surface area contributed by atoms with Gasteiger partial charge >= 0.3 is 6.18 Å². The topological polar surface area (TPSA) is 54.3 Å². The van der Waals surface area contributed by atoms with Gasteiger partial charge in [-0.2, -0.15) is 18.3 Å². The Morgan fingerprint density at radius 3 is 2.54 bits per heavy atom. The molecule has 0 aromatic carbocycles. The van der Waals surface area contributed by atoms with E-state index in [1.165, 1.54) is 6.92 Å². The van der Waals surface area contributed by atoms with Crippen LogP contribution in [0.5, 0.6) is 0 Å². The second-order valence-electron chi connectivity index (χ2n) is 6.74. The fraction of sp³-hybridized carbons (Fsp3) is 0.500. The molecule has 3 heterocycles. The number of carbonyl (C=O) groups excluding carboxylic acids is 1. The van der Waals surface area contributed by atoms with Gasteiger partial charge in [0.05, 0.1) is 17.3 Å². The Morgan fingerprint density at radius 2 is 1.96 bits per heavy atom. The van der Waals surface area contributed by atoms with Crippen LogP contribution < -0.4 is 0 Å². The molecule has 0 bridgehead atoms. The summed E-state index contributed by atoms with van der Waals surface area (Å²) in [6.07, 6.45) is -0.975. The first kappa shape index (κ1) is 20.6. The van der Waals surface area contributed by atoms with Crippen LogP contribution in [0.25, 0.3) is 0 Å². The molecule has 2 aromatic heterocycles. The Labute approximate surface area is 165 Å². The average molecular weight is 416 g/mol. The van der Waals surface area contributed by atoms with Crippen molar-refractivity contribution < 1.29 is 18.0 Å². The summed E-state index contributed by atoms with van der Waals surface area (Å²) in [5.41, 5.74) is 0.222. The third-order valence-corrected chi connectivity index (χ3v) is 5.25. The molecule has 0 spiro atoms. The molecule has 1 saturated heterocycles. The third-order valence-electron chi connectivity index (χ3n) is 4.79. The molecule has 0 unspecified atom stereocenters. The molecule has 28 heavy (non-hydrogen) atoms. The Hall–Kier alpha value is -2.13. The Kier molecular flexibility index (Phi) is 6.24. The van der Waals surface area contributed by atoms with Gasteiger partial charge in [0.2, 0.25) is 5.91 Å². The van der Waals surface area contributed by atoms with E-state index in [-0.39, 0.29) is 24.6 Å². The number of nitrogens with zero attached hydrogens (tertiary/aromatic N) is 5. The van der Waals surface area contributed by atoms with Crippen LogP contribution in [-0.4, -0.2) is 56.7 Å². The highest BCUT2D eigenvalue weighted by Crippen LogP contribution is 2.35. The van der Waals surface area contributed by atoms with Gasteiger partial charge < -0.3 is 4.90 Å². The van der Waals surface area contributed by atoms with E-state index in [9.17, 15) is 18.0 Å². The van der Waals surface area contributed by atoms with E-state index in [4.69, 9.17) is 11.6 Å². The number of carbonyl (C=O) groups is 1. The van der Waals surface area contributed by atoms with Crippen LogP contribution in [0.4, 0.5) is 13.2 Å². The number of aromatic nitrogens is 3. The van der Waals surface area contributed by atoms with Gasteiger partial charge in [0.15, 0.2) is 5.69 Å². The van der Waals surface area contributed by atoms with Crippen LogP contribution in [0.1, 0.15) is 23.4 Å². The molecule has 0 N–H and O–H groups in total. The zero-order chi connectivity index (χ0) is 20.3. The molecule has 1 fully saturated rings. The van der Waals surface area contributed by atoms with E-state index >= 15 is 0 Å². The average Bonchev–Trinajstić information content (AvgIpc) is 2.96. The number of aryl methyl sites for hydroxylation is 1. The molecule has 6 nitrogen and oxygen atoms in total. The summed E-state index contributed by atoms with van der Waals surface area (Å²) in [4.78, 5) is 20.5. The van der Waals surface area contributed by atoms with Gasteiger partial charge in [0.1, 0.15) is 0 Å². The first-order chi connectivity index (χ1) is 13.3. The molecule has 0 atom stereocenters. The predicted molar refractivity (Wildman–Crippen MR) is 97.7 cm³/mol. The summed E-state index contributed by atoms with van der Waals surface area (Å²) in [6.45, 7) is 4.97. The number of piperazine rings is 1. The van der Waals surface area contributed by atoms with Crippen LogP contribution >= 0.6 is 11.6 Å². The molecule has 0 radical (unpaired) electrons. The van der Waals surface area contributed by atoms with E-state index in [1.54, 1.807) is 11.1 Å². The Bertz CT molecular complexity index is 817. The molecule has 0 aliphatic carbocycles. The summed E-state index contributed by atoms with van der Waals surface area (Å²) < 4.78 is 39.8. The normalized spacial score (nSPS) is 15.8. The maximum Gasteiger partial charge on any atom is 0.436 e. The highest BCUT2D eigenvalue weighted by Gasteiger charge is 2.38. The van der Waals surface area contributed by atoms with Gasteiger partial charge in [-0.15, -0.1) is 0 Å². The Morgan fingerprint density at radius 1 is 1.25 bits per heavy atom. The lowest BCUT2D eigenvalue weighted by Crippen LogP contribution is -2.48. The van der Waals surface area contributed by atoms with Crippen molar-refractivity contribution in [1.82, 2.24) is 24.6 Å².